The molecule has 0 bridgehead atoms. The predicted octanol–water partition coefficient (Wildman–Crippen LogP) is 4.10. The summed E-state index contributed by atoms with van der Waals surface area (Å²) in [6.45, 7) is 2.04. The molecule has 0 unspecified atom stereocenters. The minimum absolute atomic E-state index is 0.126. The van der Waals surface area contributed by atoms with Gasteiger partial charge in [-0.2, -0.15) is 8.30 Å². The Balaban J connectivity index is 1.51. The molecule has 3 rings (SSSR count). The van der Waals surface area contributed by atoms with Gasteiger partial charge in [0.05, 0.1) is 52.4 Å². The highest BCUT2D eigenvalue weighted by Gasteiger charge is 2.30. The molecule has 1 aromatic carbocycles. The molecule has 9 nitrogen and oxygen atoms in total. The lowest BCUT2D eigenvalue weighted by Gasteiger charge is -2.31. The van der Waals surface area contributed by atoms with Crippen molar-refractivity contribution in [3.05, 3.63) is 40.9 Å². The van der Waals surface area contributed by atoms with Crippen LogP contribution in [0.25, 0.3) is 0 Å². The number of Topliss-reactive ketones (excluding diaryl/α,β-unsaturated/α-hetero) is 1. The molecule has 2 amide bonds. The lowest BCUT2D eigenvalue weighted by atomic mass is 9.92. The van der Waals surface area contributed by atoms with Crippen molar-refractivity contribution in [1.29, 1.82) is 0 Å². The van der Waals surface area contributed by atoms with Gasteiger partial charge in [-0.25, -0.2) is 9.18 Å². The van der Waals surface area contributed by atoms with Gasteiger partial charge in [0, 0.05) is 38.0 Å². The smallest absolute Gasteiger partial charge is 0.321 e. The molecule has 1 saturated heterocycles. The number of ketones is 1. The van der Waals surface area contributed by atoms with Crippen molar-refractivity contribution in [2.24, 2.45) is 9.12 Å². The molecule has 0 saturated carbocycles. The highest BCUT2D eigenvalue weighted by atomic mass is 127. The summed E-state index contributed by atoms with van der Waals surface area (Å²) in [4.78, 5) is 27.2. The Morgan fingerprint density at radius 2 is 2.06 bits per heavy atom. The zero-order chi connectivity index (χ0) is 23.1. The van der Waals surface area contributed by atoms with E-state index < -0.39 is 0 Å². The monoisotopic (exact) mass is 620 g/mol. The van der Waals surface area contributed by atoms with E-state index in [2.05, 4.69) is 34.9 Å². The van der Waals surface area contributed by atoms with Crippen molar-refractivity contribution in [2.45, 2.75) is 19.4 Å². The third kappa shape index (κ3) is 6.48. The van der Waals surface area contributed by atoms with Gasteiger partial charge in [-0.3, -0.25) is 9.48 Å². The number of benzene rings is 1. The van der Waals surface area contributed by atoms with E-state index in [-0.39, 0.29) is 29.4 Å². The van der Waals surface area contributed by atoms with Gasteiger partial charge in [0.2, 0.25) is 5.78 Å². The number of halogens is 3. The van der Waals surface area contributed by atoms with Gasteiger partial charge in [0.1, 0.15) is 5.82 Å². The van der Waals surface area contributed by atoms with E-state index in [1.165, 1.54) is 6.07 Å². The standard InChI is InChI=1S/C20H23BrFIN6O3/c1-32-9-8-29-12-15(11-24-29)26-20(31)28-6-4-13(5-7-28)18(30)19(27-23)25-14-2-3-17(22)16(21)10-14/h2-3,10-13H,4-9H2,1H3,(H,25,27)(H,26,31). The molecule has 0 radical (unpaired) electrons. The number of methoxy groups -OCH3 is 1. The van der Waals surface area contributed by atoms with Crippen LogP contribution in [-0.2, 0) is 16.1 Å². The summed E-state index contributed by atoms with van der Waals surface area (Å²) in [5.41, 5.74) is 1.17. The van der Waals surface area contributed by atoms with E-state index in [1.54, 1.807) is 64.1 Å². The first-order chi connectivity index (χ1) is 15.4. The zero-order valence-corrected chi connectivity index (χ0v) is 21.1. The summed E-state index contributed by atoms with van der Waals surface area (Å²) in [5.74, 6) is -0.557. The van der Waals surface area contributed by atoms with Gasteiger partial charge in [-0.1, -0.05) is 0 Å². The molecule has 1 aromatic heterocycles. The van der Waals surface area contributed by atoms with Crippen LogP contribution in [0.15, 0.2) is 38.3 Å². The fraction of sp³-hybridized carbons (Fsp3) is 0.400. The first-order valence-electron chi connectivity index (χ1n) is 9.94. The minimum Gasteiger partial charge on any atom is -0.383 e. The molecule has 12 heteroatoms. The largest absolute Gasteiger partial charge is 0.383 e. The quantitative estimate of drug-likeness (QED) is 0.276. The van der Waals surface area contributed by atoms with Crippen LogP contribution in [0.4, 0.5) is 20.6 Å². The number of rotatable bonds is 7. The first kappa shape index (κ1) is 24.6. The summed E-state index contributed by atoms with van der Waals surface area (Å²) < 4.78 is 24.5. The van der Waals surface area contributed by atoms with Crippen LogP contribution in [0.2, 0.25) is 0 Å². The molecule has 1 aliphatic rings. The minimum atomic E-state index is -0.386. The van der Waals surface area contributed by atoms with Crippen LogP contribution in [0.3, 0.4) is 0 Å². The van der Waals surface area contributed by atoms with Crippen molar-refractivity contribution in [3.8, 4) is 0 Å². The van der Waals surface area contributed by atoms with E-state index >= 15 is 0 Å². The van der Waals surface area contributed by atoms with Crippen molar-refractivity contribution < 1.29 is 18.7 Å². The van der Waals surface area contributed by atoms with Crippen molar-refractivity contribution in [2.75, 3.05) is 37.4 Å². The van der Waals surface area contributed by atoms with Gasteiger partial charge in [0.25, 0.3) is 0 Å². The lowest BCUT2D eigenvalue weighted by molar-refractivity contribution is -0.117. The van der Waals surface area contributed by atoms with E-state index in [1.807, 2.05) is 0 Å². The number of carbonyl (C=O) groups is 2. The molecule has 2 aromatic rings. The molecule has 1 fully saturated rings. The number of amidine groups is 1. The second-order valence-electron chi connectivity index (χ2n) is 7.23. The number of nitrogens with zero attached hydrogens (tertiary/aromatic N) is 4. The molecule has 172 valence electrons. The predicted molar refractivity (Wildman–Crippen MR) is 132 cm³/mol. The Morgan fingerprint density at radius 1 is 1.31 bits per heavy atom. The number of anilines is 2. The van der Waals surface area contributed by atoms with Gasteiger partial charge in [-0.15, -0.1) is 0 Å². The number of likely N-dealkylation sites (tertiary alicyclic amines) is 1. The molecule has 0 aliphatic carbocycles. The number of urea groups is 1. The van der Waals surface area contributed by atoms with Gasteiger partial charge in [0.15, 0.2) is 5.84 Å². The fourth-order valence-corrected chi connectivity index (χ4v) is 4.05. The van der Waals surface area contributed by atoms with E-state index in [0.717, 1.165) is 0 Å². The van der Waals surface area contributed by atoms with Gasteiger partial charge >= 0.3 is 6.03 Å². The average Bonchev–Trinajstić information content (AvgIpc) is 3.25. The Hall–Kier alpha value is -2.06. The maximum atomic E-state index is 13.4. The summed E-state index contributed by atoms with van der Waals surface area (Å²) >= 11 is 4.90. The molecule has 32 heavy (non-hydrogen) atoms. The molecular weight excluding hydrogens is 598 g/mol. The highest BCUT2D eigenvalue weighted by molar-refractivity contribution is 14.1. The molecule has 0 atom stereocenters. The Kier molecular flexibility index (Phi) is 8.99. The summed E-state index contributed by atoms with van der Waals surface area (Å²) in [7, 11) is 1.62. The summed E-state index contributed by atoms with van der Waals surface area (Å²) in [5, 5.41) is 9.97. The van der Waals surface area contributed by atoms with Crippen LogP contribution < -0.4 is 10.6 Å². The van der Waals surface area contributed by atoms with E-state index in [0.29, 0.717) is 54.9 Å². The SMILES string of the molecule is COCCn1cc(NC(=O)N2CCC(C(=O)/C(=N/I)Nc3ccc(F)c(Br)c3)CC2)cn1. The Morgan fingerprint density at radius 3 is 2.72 bits per heavy atom. The molecule has 0 spiro atoms. The maximum absolute atomic E-state index is 13.4. The molecule has 2 N–H and O–H groups in total. The van der Waals surface area contributed by atoms with Crippen molar-refractivity contribution >= 4 is 67.8 Å². The second kappa shape index (κ2) is 11.7. The number of carbonyl (C=O) groups excluding carboxylic acids is 2. The summed E-state index contributed by atoms with van der Waals surface area (Å²) in [6.07, 6.45) is 4.40. The van der Waals surface area contributed by atoms with Crippen molar-refractivity contribution in [1.82, 2.24) is 14.7 Å². The second-order valence-corrected chi connectivity index (χ2v) is 8.56. The fourth-order valence-electron chi connectivity index (χ4n) is 3.31. The first-order valence-corrected chi connectivity index (χ1v) is 11.7. The Labute approximate surface area is 207 Å². The number of hydrogen-bond donors (Lipinski definition) is 2. The summed E-state index contributed by atoms with van der Waals surface area (Å²) in [6, 6.07) is 4.17. The van der Waals surface area contributed by atoms with Gasteiger partial charge in [-0.05, 0) is 47.0 Å². The van der Waals surface area contributed by atoms with Gasteiger partial charge < -0.3 is 20.3 Å². The van der Waals surface area contributed by atoms with Crippen LogP contribution in [0.5, 0.6) is 0 Å². The number of ether oxygens (including phenoxy) is 1. The van der Waals surface area contributed by atoms with Crippen LogP contribution >= 0.6 is 38.8 Å². The Bertz CT molecular complexity index is 993. The third-order valence-electron chi connectivity index (χ3n) is 5.06. The zero-order valence-electron chi connectivity index (χ0n) is 17.4. The molecule has 1 aliphatic heterocycles. The maximum Gasteiger partial charge on any atom is 0.321 e. The number of nitrogens with one attached hydrogen (secondary N) is 2. The van der Waals surface area contributed by atoms with Crippen LogP contribution in [-0.4, -0.2) is 59.1 Å². The topological polar surface area (TPSA) is 101 Å². The number of aromatic nitrogens is 2. The highest BCUT2D eigenvalue weighted by Crippen LogP contribution is 2.23. The van der Waals surface area contributed by atoms with Crippen molar-refractivity contribution in [3.63, 3.8) is 0 Å². The third-order valence-corrected chi connectivity index (χ3v) is 6.15. The number of amides is 2. The molecule has 2 heterocycles. The van der Waals surface area contributed by atoms with Crippen LogP contribution in [0, 0.1) is 11.7 Å². The van der Waals surface area contributed by atoms with Crippen LogP contribution in [0.1, 0.15) is 12.8 Å². The number of piperidine rings is 1. The van der Waals surface area contributed by atoms with E-state index in [4.69, 9.17) is 4.74 Å². The number of hydrogen-bond acceptors (Lipinski definition) is 5. The molecular formula is C20H23BrFIN6O3. The van der Waals surface area contributed by atoms with E-state index in [9.17, 15) is 14.0 Å². The lowest BCUT2D eigenvalue weighted by Crippen LogP contribution is -2.44. The average molecular weight is 621 g/mol. The normalized spacial score (nSPS) is 15.0.